The Kier molecular flexibility index (Phi) is 58.9. The summed E-state index contributed by atoms with van der Waals surface area (Å²) in [5.41, 5.74) is 0. The molecule has 0 rings (SSSR count). The van der Waals surface area contributed by atoms with Gasteiger partial charge in [0.2, 0.25) is 0 Å². The van der Waals surface area contributed by atoms with Crippen molar-refractivity contribution in [2.75, 3.05) is 13.2 Å². The standard InChI is InChI=1S/C69H114O6/c1-4-7-10-13-16-19-22-25-28-31-33-34-36-39-42-45-48-51-54-57-60-63-69(72)75-66(64-73-67(70)61-58-55-52-49-46-43-40-37-30-27-24-21-18-15-12-9-6-3)65-74-68(71)62-59-56-53-50-47-44-41-38-35-32-29-26-23-20-17-14-11-8-5-2/h8-9,11-12,17-18,20-21,26-27,29-30,35,38,40,43-44,47,53,56,66H,4-7,10,13-16,19,22-25,28,31-34,36-37,39,41-42,45-46,48-52,54-55,57-65H2,1-3H3/b11-8-,12-9-,20-17-,21-18-,29-26-,30-27-,38-35-,43-40-,47-44-,56-53-/t66-/m0/s1. The molecule has 0 aliphatic heterocycles. The van der Waals surface area contributed by atoms with Crippen LogP contribution < -0.4 is 0 Å². The molecule has 0 aromatic carbocycles. The molecule has 6 nitrogen and oxygen atoms in total. The Labute approximate surface area is 462 Å². The number of carbonyl (C=O) groups is 3. The van der Waals surface area contributed by atoms with Gasteiger partial charge >= 0.3 is 17.9 Å². The molecule has 0 amide bonds. The zero-order valence-corrected chi connectivity index (χ0v) is 48.8. The van der Waals surface area contributed by atoms with Crippen LogP contribution >= 0.6 is 0 Å². The lowest BCUT2D eigenvalue weighted by Crippen LogP contribution is -2.30. The maximum Gasteiger partial charge on any atom is 0.306 e. The Morgan fingerprint density at radius 3 is 0.893 bits per heavy atom. The SMILES string of the molecule is CC/C=C\C/C=C\C/C=C\C/C=C\C/C=C\C/C=C\CCC(=O)OC[C@H](COC(=O)CCCCCC/C=C\C/C=C\C/C=C\C/C=C\CC)OC(=O)CCCCCCCCCCCCCCCCCCCCCCC. The highest BCUT2D eigenvalue weighted by atomic mass is 16.6. The number of rotatable bonds is 55. The van der Waals surface area contributed by atoms with E-state index in [1.165, 1.54) is 116 Å². The summed E-state index contributed by atoms with van der Waals surface area (Å²) < 4.78 is 16.8. The van der Waals surface area contributed by atoms with E-state index in [9.17, 15) is 14.4 Å². The second-order valence-electron chi connectivity index (χ2n) is 20.2. The molecule has 0 saturated carbocycles. The number of hydrogen-bond donors (Lipinski definition) is 0. The lowest BCUT2D eigenvalue weighted by Gasteiger charge is -2.18. The fourth-order valence-corrected chi connectivity index (χ4v) is 8.40. The van der Waals surface area contributed by atoms with Gasteiger partial charge in [0.25, 0.3) is 0 Å². The second-order valence-corrected chi connectivity index (χ2v) is 20.2. The van der Waals surface area contributed by atoms with Crippen LogP contribution in [0.2, 0.25) is 0 Å². The van der Waals surface area contributed by atoms with Crippen molar-refractivity contribution in [3.8, 4) is 0 Å². The van der Waals surface area contributed by atoms with Crippen molar-refractivity contribution in [1.82, 2.24) is 0 Å². The average Bonchev–Trinajstić information content (AvgIpc) is 3.41. The van der Waals surface area contributed by atoms with Crippen LogP contribution in [0.1, 0.15) is 278 Å². The molecule has 0 aliphatic rings. The van der Waals surface area contributed by atoms with E-state index in [2.05, 4.69) is 136 Å². The average molecular weight is 1040 g/mol. The van der Waals surface area contributed by atoms with Crippen molar-refractivity contribution in [1.29, 1.82) is 0 Å². The molecule has 0 radical (unpaired) electrons. The van der Waals surface area contributed by atoms with Crippen molar-refractivity contribution in [2.24, 2.45) is 0 Å². The lowest BCUT2D eigenvalue weighted by atomic mass is 10.0. The van der Waals surface area contributed by atoms with Gasteiger partial charge in [-0.2, -0.15) is 0 Å². The van der Waals surface area contributed by atoms with Gasteiger partial charge in [0.15, 0.2) is 6.10 Å². The number of ether oxygens (including phenoxy) is 3. The molecule has 6 heteroatoms. The van der Waals surface area contributed by atoms with E-state index in [0.29, 0.717) is 19.3 Å². The largest absolute Gasteiger partial charge is 0.462 e. The molecule has 1 atom stereocenters. The van der Waals surface area contributed by atoms with Crippen LogP contribution in [0.25, 0.3) is 0 Å². The molecule has 0 N–H and O–H groups in total. The minimum atomic E-state index is -0.822. The number of esters is 3. The number of hydrogen-bond acceptors (Lipinski definition) is 6. The third-order valence-corrected chi connectivity index (χ3v) is 13.0. The Bertz CT molecular complexity index is 1570. The summed E-state index contributed by atoms with van der Waals surface area (Å²) in [6.07, 6.45) is 86.4. The summed E-state index contributed by atoms with van der Waals surface area (Å²) in [5, 5.41) is 0. The summed E-state index contributed by atoms with van der Waals surface area (Å²) in [4.78, 5) is 38.3. The third-order valence-electron chi connectivity index (χ3n) is 13.0. The Morgan fingerprint density at radius 2 is 0.547 bits per heavy atom. The first-order chi connectivity index (χ1) is 37.0. The fourth-order valence-electron chi connectivity index (χ4n) is 8.40. The van der Waals surface area contributed by atoms with Gasteiger partial charge in [-0.25, -0.2) is 0 Å². The van der Waals surface area contributed by atoms with Crippen LogP contribution in [0, 0.1) is 0 Å². The molecular formula is C69H114O6. The minimum absolute atomic E-state index is 0.115. The number of carbonyl (C=O) groups excluding carboxylic acids is 3. The number of unbranched alkanes of at least 4 members (excludes halogenated alkanes) is 24. The van der Waals surface area contributed by atoms with Gasteiger partial charge in [-0.05, 0) is 96.3 Å². The molecule has 75 heavy (non-hydrogen) atoms. The van der Waals surface area contributed by atoms with Gasteiger partial charge in [0.05, 0.1) is 0 Å². The quantitative estimate of drug-likeness (QED) is 0.0261. The van der Waals surface area contributed by atoms with Crippen LogP contribution in [0.15, 0.2) is 122 Å². The topological polar surface area (TPSA) is 78.9 Å². The summed E-state index contributed by atoms with van der Waals surface area (Å²) in [6, 6.07) is 0. The zero-order chi connectivity index (χ0) is 54.3. The van der Waals surface area contributed by atoms with Crippen LogP contribution in [0.3, 0.4) is 0 Å². The van der Waals surface area contributed by atoms with E-state index in [0.717, 1.165) is 116 Å². The van der Waals surface area contributed by atoms with Crippen LogP contribution in [0.4, 0.5) is 0 Å². The van der Waals surface area contributed by atoms with E-state index in [4.69, 9.17) is 14.2 Å². The van der Waals surface area contributed by atoms with E-state index < -0.39 is 6.10 Å². The minimum Gasteiger partial charge on any atom is -0.462 e. The molecule has 0 fully saturated rings. The van der Waals surface area contributed by atoms with Gasteiger partial charge in [-0.15, -0.1) is 0 Å². The molecule has 0 spiro atoms. The highest BCUT2D eigenvalue weighted by molar-refractivity contribution is 5.71. The number of allylic oxidation sites excluding steroid dienone is 20. The fraction of sp³-hybridized carbons (Fsp3) is 0.667. The van der Waals surface area contributed by atoms with Crippen LogP contribution in [-0.4, -0.2) is 37.2 Å². The molecule has 0 unspecified atom stereocenters. The Hall–Kier alpha value is -4.19. The van der Waals surface area contributed by atoms with Gasteiger partial charge < -0.3 is 14.2 Å². The molecule has 0 aliphatic carbocycles. The highest BCUT2D eigenvalue weighted by Gasteiger charge is 2.19. The smallest absolute Gasteiger partial charge is 0.306 e. The van der Waals surface area contributed by atoms with Gasteiger partial charge in [0, 0.05) is 19.3 Å². The van der Waals surface area contributed by atoms with Crippen molar-refractivity contribution in [3.63, 3.8) is 0 Å². The molecule has 0 heterocycles. The Balaban J connectivity index is 4.51. The summed E-state index contributed by atoms with van der Waals surface area (Å²) in [7, 11) is 0. The van der Waals surface area contributed by atoms with Gasteiger partial charge in [-0.1, -0.05) is 284 Å². The summed E-state index contributed by atoms with van der Waals surface area (Å²) >= 11 is 0. The molecule has 0 bridgehead atoms. The van der Waals surface area contributed by atoms with E-state index in [1.54, 1.807) is 0 Å². The van der Waals surface area contributed by atoms with E-state index >= 15 is 0 Å². The zero-order valence-electron chi connectivity index (χ0n) is 48.8. The highest BCUT2D eigenvalue weighted by Crippen LogP contribution is 2.16. The summed E-state index contributed by atoms with van der Waals surface area (Å²) in [6.45, 7) is 6.35. The third kappa shape index (κ3) is 60.6. The van der Waals surface area contributed by atoms with Crippen molar-refractivity contribution >= 4 is 17.9 Å². The molecule has 0 aromatic heterocycles. The molecule has 0 aromatic rings. The molecule has 0 saturated heterocycles. The second kappa shape index (κ2) is 62.4. The van der Waals surface area contributed by atoms with Crippen LogP contribution in [-0.2, 0) is 28.6 Å². The first-order valence-electron chi connectivity index (χ1n) is 31.0. The first-order valence-corrected chi connectivity index (χ1v) is 31.0. The van der Waals surface area contributed by atoms with Crippen molar-refractivity contribution in [3.05, 3.63) is 122 Å². The molecular weight excluding hydrogens is 925 g/mol. The van der Waals surface area contributed by atoms with Crippen molar-refractivity contribution in [2.45, 2.75) is 284 Å². The monoisotopic (exact) mass is 1040 g/mol. The lowest BCUT2D eigenvalue weighted by molar-refractivity contribution is -0.166. The maximum absolute atomic E-state index is 12.9. The maximum atomic E-state index is 12.9. The normalized spacial score (nSPS) is 12.9. The molecule has 426 valence electrons. The van der Waals surface area contributed by atoms with Crippen LogP contribution in [0.5, 0.6) is 0 Å². The Morgan fingerprint density at radius 1 is 0.280 bits per heavy atom. The van der Waals surface area contributed by atoms with Crippen molar-refractivity contribution < 1.29 is 28.6 Å². The predicted molar refractivity (Wildman–Crippen MR) is 325 cm³/mol. The predicted octanol–water partition coefficient (Wildman–Crippen LogP) is 21.2. The summed E-state index contributed by atoms with van der Waals surface area (Å²) in [5.74, 6) is -1.02. The first kappa shape index (κ1) is 70.8. The van der Waals surface area contributed by atoms with Gasteiger partial charge in [-0.3, -0.25) is 14.4 Å². The van der Waals surface area contributed by atoms with Gasteiger partial charge in [0.1, 0.15) is 13.2 Å². The van der Waals surface area contributed by atoms with E-state index in [-0.39, 0.29) is 37.5 Å². The van der Waals surface area contributed by atoms with E-state index in [1.807, 2.05) is 6.08 Å².